The number of aryl methyl sites for hydroxylation is 1. The Hall–Kier alpha value is -3.05. The van der Waals surface area contributed by atoms with E-state index in [1.165, 1.54) is 0 Å². The lowest BCUT2D eigenvalue weighted by Crippen LogP contribution is -2.36. The van der Waals surface area contributed by atoms with Gasteiger partial charge in [0.15, 0.2) is 0 Å². The van der Waals surface area contributed by atoms with Gasteiger partial charge in [-0.05, 0) is 37.1 Å². The number of para-hydroxylation sites is 1. The molecule has 2 amide bonds. The van der Waals surface area contributed by atoms with Crippen LogP contribution in [0.15, 0.2) is 60.4 Å². The fourth-order valence-corrected chi connectivity index (χ4v) is 3.94. The number of fused-ring (bicyclic) bond motifs is 1. The third kappa shape index (κ3) is 3.91. The fourth-order valence-electron chi connectivity index (χ4n) is 3.72. The first-order valence-electron chi connectivity index (χ1n) is 9.65. The molecule has 1 aromatic heterocycles. The molecule has 2 heterocycles. The van der Waals surface area contributed by atoms with E-state index in [0.717, 1.165) is 29.3 Å². The van der Waals surface area contributed by atoms with Crippen LogP contribution >= 0.6 is 11.6 Å². The Morgan fingerprint density at radius 3 is 2.48 bits per heavy atom. The maximum Gasteiger partial charge on any atom is 0.270 e. The fraction of sp³-hybridized carbons (Fsp3) is 0.217. The molecule has 0 bridgehead atoms. The van der Waals surface area contributed by atoms with Gasteiger partial charge < -0.3 is 14.8 Å². The number of benzene rings is 2. The molecule has 0 saturated carbocycles. The van der Waals surface area contributed by atoms with Gasteiger partial charge in [0.05, 0.1) is 10.6 Å². The molecule has 2 aromatic carbocycles. The molecule has 1 aliphatic heterocycles. The van der Waals surface area contributed by atoms with Gasteiger partial charge in [0.25, 0.3) is 11.8 Å². The summed E-state index contributed by atoms with van der Waals surface area (Å²) in [5.74, 6) is -0.564. The Morgan fingerprint density at radius 1 is 1.03 bits per heavy atom. The Labute approximate surface area is 174 Å². The van der Waals surface area contributed by atoms with Crippen LogP contribution in [0.1, 0.15) is 28.8 Å². The first-order chi connectivity index (χ1) is 14.0. The minimum absolute atomic E-state index is 0.171. The molecule has 5 nitrogen and oxygen atoms in total. The van der Waals surface area contributed by atoms with Crippen molar-refractivity contribution < 1.29 is 9.59 Å². The van der Waals surface area contributed by atoms with Crippen molar-refractivity contribution in [2.75, 3.05) is 13.1 Å². The molecule has 29 heavy (non-hydrogen) atoms. The summed E-state index contributed by atoms with van der Waals surface area (Å²) in [5, 5.41) is 4.18. The molecule has 0 atom stereocenters. The van der Waals surface area contributed by atoms with Gasteiger partial charge in [-0.25, -0.2) is 0 Å². The van der Waals surface area contributed by atoms with Crippen LogP contribution < -0.4 is 5.32 Å². The molecule has 1 saturated heterocycles. The SMILES string of the molecule is Cn1cc(C=C(NC(=O)c2ccccc2Cl)C(=O)N2CCCC2)c2ccccc21. The molecule has 4 rings (SSSR count). The monoisotopic (exact) mass is 407 g/mol. The summed E-state index contributed by atoms with van der Waals surface area (Å²) in [5.41, 5.74) is 2.54. The molecule has 0 spiro atoms. The largest absolute Gasteiger partial charge is 0.350 e. The maximum atomic E-state index is 13.1. The van der Waals surface area contributed by atoms with E-state index < -0.39 is 5.91 Å². The summed E-state index contributed by atoms with van der Waals surface area (Å²) in [6.45, 7) is 1.40. The van der Waals surface area contributed by atoms with Gasteiger partial charge >= 0.3 is 0 Å². The first-order valence-corrected chi connectivity index (χ1v) is 10.0. The lowest BCUT2D eigenvalue weighted by Gasteiger charge is -2.18. The summed E-state index contributed by atoms with van der Waals surface area (Å²) in [7, 11) is 1.96. The molecule has 3 aromatic rings. The van der Waals surface area contributed by atoms with Gasteiger partial charge in [0.1, 0.15) is 5.70 Å². The summed E-state index contributed by atoms with van der Waals surface area (Å²) in [6, 6.07) is 14.8. The highest BCUT2D eigenvalue weighted by atomic mass is 35.5. The van der Waals surface area contributed by atoms with Gasteiger partial charge in [-0.2, -0.15) is 0 Å². The minimum atomic E-state index is -0.394. The Kier molecular flexibility index (Phi) is 5.41. The molecule has 1 N–H and O–H groups in total. The molecule has 1 fully saturated rings. The molecular formula is C23H22ClN3O2. The van der Waals surface area contributed by atoms with Gasteiger partial charge in [0, 0.05) is 42.8 Å². The van der Waals surface area contributed by atoms with E-state index >= 15 is 0 Å². The smallest absolute Gasteiger partial charge is 0.270 e. The third-order valence-electron chi connectivity index (χ3n) is 5.22. The number of carbonyl (C=O) groups is 2. The highest BCUT2D eigenvalue weighted by Crippen LogP contribution is 2.24. The van der Waals surface area contributed by atoms with Gasteiger partial charge in [-0.1, -0.05) is 41.9 Å². The van der Waals surface area contributed by atoms with Crippen LogP contribution in [0.25, 0.3) is 17.0 Å². The number of nitrogens with one attached hydrogen (secondary N) is 1. The molecule has 6 heteroatoms. The van der Waals surface area contributed by atoms with Crippen LogP contribution in [0.2, 0.25) is 5.02 Å². The number of carbonyl (C=O) groups excluding carboxylic acids is 2. The van der Waals surface area contributed by atoms with Crippen LogP contribution in [0.3, 0.4) is 0 Å². The van der Waals surface area contributed by atoms with Crippen molar-refractivity contribution in [3.8, 4) is 0 Å². The van der Waals surface area contributed by atoms with E-state index in [1.54, 1.807) is 35.2 Å². The number of halogens is 1. The van der Waals surface area contributed by atoms with Crippen molar-refractivity contribution in [3.05, 3.63) is 76.6 Å². The average molecular weight is 408 g/mol. The number of aromatic nitrogens is 1. The predicted octanol–water partition coefficient (Wildman–Crippen LogP) is 4.23. The number of nitrogens with zero attached hydrogens (tertiary/aromatic N) is 2. The van der Waals surface area contributed by atoms with Crippen LogP contribution in [-0.4, -0.2) is 34.4 Å². The van der Waals surface area contributed by atoms with Crippen LogP contribution in [0.5, 0.6) is 0 Å². The Balaban J connectivity index is 1.73. The maximum absolute atomic E-state index is 13.1. The van der Waals surface area contributed by atoms with E-state index in [2.05, 4.69) is 5.32 Å². The topological polar surface area (TPSA) is 54.3 Å². The van der Waals surface area contributed by atoms with Gasteiger partial charge in [0.2, 0.25) is 0 Å². The number of rotatable bonds is 4. The summed E-state index contributed by atoms with van der Waals surface area (Å²) in [4.78, 5) is 27.8. The van der Waals surface area contributed by atoms with Crippen molar-refractivity contribution in [1.82, 2.24) is 14.8 Å². The lowest BCUT2D eigenvalue weighted by atomic mass is 10.1. The lowest BCUT2D eigenvalue weighted by molar-refractivity contribution is -0.126. The standard InChI is InChI=1S/C23H22ClN3O2/c1-26-15-16(17-8-3-5-11-21(17)26)14-20(23(29)27-12-6-7-13-27)25-22(28)18-9-2-4-10-19(18)24/h2-5,8-11,14-15H,6-7,12-13H2,1H3,(H,25,28). The van der Waals surface area contributed by atoms with Gasteiger partial charge in [-0.3, -0.25) is 9.59 Å². The molecular weight excluding hydrogens is 386 g/mol. The number of hydrogen-bond donors (Lipinski definition) is 1. The summed E-state index contributed by atoms with van der Waals surface area (Å²) < 4.78 is 2.01. The van der Waals surface area contributed by atoms with Crippen molar-refractivity contribution in [1.29, 1.82) is 0 Å². The van der Waals surface area contributed by atoms with Crippen LogP contribution in [0, 0.1) is 0 Å². The Morgan fingerprint density at radius 2 is 1.72 bits per heavy atom. The highest BCUT2D eigenvalue weighted by molar-refractivity contribution is 6.34. The number of likely N-dealkylation sites (tertiary alicyclic amines) is 1. The third-order valence-corrected chi connectivity index (χ3v) is 5.55. The number of amides is 2. The quantitative estimate of drug-likeness (QED) is 0.658. The van der Waals surface area contributed by atoms with E-state index in [9.17, 15) is 9.59 Å². The van der Waals surface area contributed by atoms with E-state index in [4.69, 9.17) is 11.6 Å². The second-order valence-electron chi connectivity index (χ2n) is 7.20. The van der Waals surface area contributed by atoms with Crippen molar-refractivity contribution in [2.24, 2.45) is 7.05 Å². The van der Waals surface area contributed by atoms with Crippen LogP contribution in [-0.2, 0) is 11.8 Å². The van der Waals surface area contributed by atoms with E-state index in [-0.39, 0.29) is 11.6 Å². The molecule has 0 unspecified atom stereocenters. The minimum Gasteiger partial charge on any atom is -0.350 e. The van der Waals surface area contributed by atoms with Crippen LogP contribution in [0.4, 0.5) is 0 Å². The molecule has 0 aliphatic carbocycles. The molecule has 1 aliphatic rings. The second-order valence-corrected chi connectivity index (χ2v) is 7.61. The first kappa shape index (κ1) is 19.3. The second kappa shape index (κ2) is 8.13. The molecule has 148 valence electrons. The zero-order chi connectivity index (χ0) is 20.4. The normalized spacial score (nSPS) is 14.4. The van der Waals surface area contributed by atoms with Crippen molar-refractivity contribution in [2.45, 2.75) is 12.8 Å². The van der Waals surface area contributed by atoms with Crippen molar-refractivity contribution in [3.63, 3.8) is 0 Å². The predicted molar refractivity (Wildman–Crippen MR) is 116 cm³/mol. The Bertz CT molecular complexity index is 1110. The van der Waals surface area contributed by atoms with E-state index in [0.29, 0.717) is 23.7 Å². The molecule has 0 radical (unpaired) electrons. The van der Waals surface area contributed by atoms with E-state index in [1.807, 2.05) is 42.1 Å². The van der Waals surface area contributed by atoms with Gasteiger partial charge in [-0.15, -0.1) is 0 Å². The zero-order valence-corrected chi connectivity index (χ0v) is 16.9. The average Bonchev–Trinajstić information content (AvgIpc) is 3.36. The summed E-state index contributed by atoms with van der Waals surface area (Å²) >= 11 is 6.17. The highest BCUT2D eigenvalue weighted by Gasteiger charge is 2.24. The van der Waals surface area contributed by atoms with Crippen molar-refractivity contribution >= 4 is 40.4 Å². The zero-order valence-electron chi connectivity index (χ0n) is 16.2. The number of hydrogen-bond acceptors (Lipinski definition) is 2. The summed E-state index contributed by atoms with van der Waals surface area (Å²) in [6.07, 6.45) is 5.68.